The Labute approximate surface area is 104 Å². The summed E-state index contributed by atoms with van der Waals surface area (Å²) < 4.78 is 0. The third-order valence-electron chi connectivity index (χ3n) is 2.89. The summed E-state index contributed by atoms with van der Waals surface area (Å²) in [5.74, 6) is 0. The molecule has 0 fully saturated rings. The van der Waals surface area contributed by atoms with E-state index in [4.69, 9.17) is 0 Å². The van der Waals surface area contributed by atoms with Gasteiger partial charge in [0.25, 0.3) is 0 Å². The molecule has 1 nitrogen and oxygen atoms in total. The van der Waals surface area contributed by atoms with Crippen LogP contribution >= 0.6 is 0 Å². The molecular formula is C16H18N. The normalized spacial score (nSPS) is 10.2. The molecule has 0 spiro atoms. The van der Waals surface area contributed by atoms with Gasteiger partial charge in [-0.05, 0) is 43.2 Å². The van der Waals surface area contributed by atoms with Crippen molar-refractivity contribution in [2.45, 2.75) is 20.4 Å². The van der Waals surface area contributed by atoms with Crippen LogP contribution in [0.2, 0.25) is 0 Å². The second-order valence-electron chi connectivity index (χ2n) is 4.23. The Bertz CT molecular complexity index is 462. The summed E-state index contributed by atoms with van der Waals surface area (Å²) in [6.45, 7) is 6.24. The van der Waals surface area contributed by atoms with Crippen molar-refractivity contribution in [2.75, 3.05) is 11.4 Å². The van der Waals surface area contributed by atoms with Gasteiger partial charge in [0, 0.05) is 18.8 Å². The molecular weight excluding hydrogens is 206 g/mol. The van der Waals surface area contributed by atoms with E-state index in [1.807, 2.05) is 6.07 Å². The van der Waals surface area contributed by atoms with Crippen molar-refractivity contribution in [2.24, 2.45) is 0 Å². The lowest BCUT2D eigenvalue weighted by atomic mass is 10.1. The molecule has 1 radical (unpaired) electrons. The van der Waals surface area contributed by atoms with Gasteiger partial charge < -0.3 is 4.90 Å². The zero-order valence-electron chi connectivity index (χ0n) is 10.5. The highest BCUT2D eigenvalue weighted by Gasteiger charge is 2.04. The average Bonchev–Trinajstić information content (AvgIpc) is 2.37. The molecule has 87 valence electrons. The molecule has 0 bridgehead atoms. The maximum atomic E-state index is 3.19. The lowest BCUT2D eigenvalue weighted by Crippen LogP contribution is -2.21. The fourth-order valence-corrected chi connectivity index (χ4v) is 1.96. The molecule has 17 heavy (non-hydrogen) atoms. The van der Waals surface area contributed by atoms with Crippen LogP contribution in [0.1, 0.15) is 18.1 Å². The number of hydrogen-bond donors (Lipinski definition) is 0. The number of aryl methyl sites for hydroxylation is 1. The van der Waals surface area contributed by atoms with E-state index in [0.29, 0.717) is 0 Å². The van der Waals surface area contributed by atoms with Gasteiger partial charge in [-0.3, -0.25) is 0 Å². The molecule has 0 heterocycles. The Morgan fingerprint density at radius 2 is 1.88 bits per heavy atom. The van der Waals surface area contributed by atoms with E-state index in [-0.39, 0.29) is 0 Å². The van der Waals surface area contributed by atoms with Crippen molar-refractivity contribution in [1.82, 2.24) is 0 Å². The summed E-state index contributed by atoms with van der Waals surface area (Å²) >= 11 is 0. The van der Waals surface area contributed by atoms with E-state index in [0.717, 1.165) is 13.1 Å². The van der Waals surface area contributed by atoms with Crippen LogP contribution in [0.25, 0.3) is 0 Å². The van der Waals surface area contributed by atoms with Crippen LogP contribution in [0.15, 0.2) is 48.5 Å². The van der Waals surface area contributed by atoms with Gasteiger partial charge in [-0.25, -0.2) is 0 Å². The minimum atomic E-state index is 0.959. The molecule has 2 rings (SSSR count). The van der Waals surface area contributed by atoms with Crippen molar-refractivity contribution in [1.29, 1.82) is 0 Å². The van der Waals surface area contributed by atoms with Crippen LogP contribution in [-0.4, -0.2) is 6.54 Å². The number of hydrogen-bond acceptors (Lipinski definition) is 1. The largest absolute Gasteiger partial charge is 0.367 e. The molecule has 0 N–H and O–H groups in total. The lowest BCUT2D eigenvalue weighted by molar-refractivity contribution is 0.831. The number of rotatable bonds is 4. The zero-order valence-corrected chi connectivity index (χ0v) is 10.5. The first-order valence-electron chi connectivity index (χ1n) is 6.07. The van der Waals surface area contributed by atoms with Crippen LogP contribution in [0.3, 0.4) is 0 Å². The third kappa shape index (κ3) is 3.10. The fourth-order valence-electron chi connectivity index (χ4n) is 1.96. The molecule has 0 atom stereocenters. The maximum Gasteiger partial charge on any atom is 0.0429 e. The SMILES string of the molecule is CCN(Cc1ccccc1)c1cc[c]c(C)c1. The molecule has 2 aromatic carbocycles. The first-order valence-corrected chi connectivity index (χ1v) is 6.07. The van der Waals surface area contributed by atoms with Gasteiger partial charge in [0.2, 0.25) is 0 Å². The van der Waals surface area contributed by atoms with Gasteiger partial charge in [0.05, 0.1) is 0 Å². The topological polar surface area (TPSA) is 3.24 Å². The van der Waals surface area contributed by atoms with Crippen LogP contribution in [0.4, 0.5) is 5.69 Å². The minimum absolute atomic E-state index is 0.959. The summed E-state index contributed by atoms with van der Waals surface area (Å²) in [6.07, 6.45) is 0. The van der Waals surface area contributed by atoms with E-state index in [1.165, 1.54) is 16.8 Å². The first kappa shape index (κ1) is 11.7. The van der Waals surface area contributed by atoms with Gasteiger partial charge >= 0.3 is 0 Å². The second kappa shape index (κ2) is 5.53. The van der Waals surface area contributed by atoms with Gasteiger partial charge in [-0.2, -0.15) is 0 Å². The zero-order chi connectivity index (χ0) is 12.1. The number of anilines is 1. The van der Waals surface area contributed by atoms with E-state index in [9.17, 15) is 0 Å². The summed E-state index contributed by atoms with van der Waals surface area (Å²) in [4.78, 5) is 2.37. The summed E-state index contributed by atoms with van der Waals surface area (Å²) in [6, 6.07) is 20.1. The monoisotopic (exact) mass is 224 g/mol. The Morgan fingerprint density at radius 1 is 1.12 bits per heavy atom. The predicted octanol–water partition coefficient (Wildman–Crippen LogP) is 3.82. The maximum absolute atomic E-state index is 3.19. The molecule has 0 saturated carbocycles. The minimum Gasteiger partial charge on any atom is -0.367 e. The average molecular weight is 224 g/mol. The van der Waals surface area contributed by atoms with Gasteiger partial charge in [-0.15, -0.1) is 0 Å². The van der Waals surface area contributed by atoms with E-state index in [2.05, 4.69) is 67.3 Å². The molecule has 2 aromatic rings. The highest BCUT2D eigenvalue weighted by atomic mass is 15.1. The molecule has 0 aliphatic rings. The Kier molecular flexibility index (Phi) is 3.81. The number of nitrogens with zero attached hydrogens (tertiary/aromatic N) is 1. The highest BCUT2D eigenvalue weighted by molar-refractivity contribution is 5.48. The molecule has 0 aliphatic carbocycles. The van der Waals surface area contributed by atoms with E-state index < -0.39 is 0 Å². The quantitative estimate of drug-likeness (QED) is 0.763. The van der Waals surface area contributed by atoms with Crippen LogP contribution in [0.5, 0.6) is 0 Å². The second-order valence-corrected chi connectivity index (χ2v) is 4.23. The third-order valence-corrected chi connectivity index (χ3v) is 2.89. The van der Waals surface area contributed by atoms with Crippen LogP contribution < -0.4 is 4.90 Å². The number of benzene rings is 2. The van der Waals surface area contributed by atoms with Gasteiger partial charge in [0.1, 0.15) is 0 Å². The van der Waals surface area contributed by atoms with E-state index >= 15 is 0 Å². The van der Waals surface area contributed by atoms with Crippen LogP contribution in [0, 0.1) is 13.0 Å². The molecule has 0 aromatic heterocycles. The smallest absolute Gasteiger partial charge is 0.0429 e. The molecule has 0 aliphatic heterocycles. The predicted molar refractivity (Wildman–Crippen MR) is 73.2 cm³/mol. The molecule has 0 unspecified atom stereocenters. The van der Waals surface area contributed by atoms with Crippen molar-refractivity contribution in [3.8, 4) is 0 Å². The molecule has 1 heteroatoms. The van der Waals surface area contributed by atoms with Crippen molar-refractivity contribution >= 4 is 5.69 Å². The summed E-state index contributed by atoms with van der Waals surface area (Å²) in [7, 11) is 0. The summed E-state index contributed by atoms with van der Waals surface area (Å²) in [5, 5.41) is 0. The standard InChI is InChI=1S/C16H18N/c1-3-17(13-15-9-5-4-6-10-15)16-11-7-8-14(2)12-16/h4-7,9-12H,3,13H2,1-2H3. The van der Waals surface area contributed by atoms with Crippen LogP contribution in [-0.2, 0) is 6.54 Å². The highest BCUT2D eigenvalue weighted by Crippen LogP contribution is 2.17. The lowest BCUT2D eigenvalue weighted by Gasteiger charge is -2.23. The Hall–Kier alpha value is -1.76. The van der Waals surface area contributed by atoms with E-state index in [1.54, 1.807) is 0 Å². The van der Waals surface area contributed by atoms with Crippen molar-refractivity contribution in [3.63, 3.8) is 0 Å². The molecule has 0 amide bonds. The Balaban J connectivity index is 2.17. The van der Waals surface area contributed by atoms with Crippen molar-refractivity contribution < 1.29 is 0 Å². The van der Waals surface area contributed by atoms with Gasteiger partial charge in [-0.1, -0.05) is 36.4 Å². The first-order chi connectivity index (χ1) is 8.29. The van der Waals surface area contributed by atoms with Gasteiger partial charge in [0.15, 0.2) is 0 Å². The summed E-state index contributed by atoms with van der Waals surface area (Å²) in [5.41, 5.74) is 3.81. The fraction of sp³-hybridized carbons (Fsp3) is 0.250. The Morgan fingerprint density at radius 3 is 2.53 bits per heavy atom. The molecule has 0 saturated heterocycles. The van der Waals surface area contributed by atoms with Crippen molar-refractivity contribution in [3.05, 3.63) is 65.7 Å².